The Bertz CT molecular complexity index is 964. The lowest BCUT2D eigenvalue weighted by atomic mass is 10.0. The SMILES string of the molecule is O=C(Nc1cc(C(=O)N2CCC(n3ccnc3)CC2)ccc1Cl)c1cccs1. The van der Waals surface area contributed by atoms with Gasteiger partial charge in [0.15, 0.2) is 0 Å². The first-order valence-electron chi connectivity index (χ1n) is 9.03. The van der Waals surface area contributed by atoms with Crippen molar-refractivity contribution in [2.45, 2.75) is 18.9 Å². The molecule has 0 spiro atoms. The third-order valence-electron chi connectivity index (χ3n) is 4.90. The van der Waals surface area contributed by atoms with E-state index in [1.54, 1.807) is 30.5 Å². The van der Waals surface area contributed by atoms with Crippen LogP contribution in [0.2, 0.25) is 5.02 Å². The zero-order chi connectivity index (χ0) is 19.5. The largest absolute Gasteiger partial charge is 0.338 e. The highest BCUT2D eigenvalue weighted by atomic mass is 35.5. The van der Waals surface area contributed by atoms with Gasteiger partial charge in [-0.2, -0.15) is 0 Å². The van der Waals surface area contributed by atoms with Crippen molar-refractivity contribution in [3.8, 4) is 0 Å². The van der Waals surface area contributed by atoms with Gasteiger partial charge in [0.2, 0.25) is 0 Å². The summed E-state index contributed by atoms with van der Waals surface area (Å²) in [6.07, 6.45) is 7.33. The Labute approximate surface area is 171 Å². The zero-order valence-corrected chi connectivity index (χ0v) is 16.6. The summed E-state index contributed by atoms with van der Waals surface area (Å²) in [6, 6.07) is 8.93. The molecule has 1 fully saturated rings. The Balaban J connectivity index is 1.44. The number of nitrogens with one attached hydrogen (secondary N) is 1. The van der Waals surface area contributed by atoms with E-state index in [1.165, 1.54) is 11.3 Å². The van der Waals surface area contributed by atoms with Crippen molar-refractivity contribution in [2.75, 3.05) is 18.4 Å². The second kappa shape index (κ2) is 8.16. The molecule has 144 valence electrons. The number of benzene rings is 1. The molecule has 3 heterocycles. The monoisotopic (exact) mass is 414 g/mol. The van der Waals surface area contributed by atoms with E-state index in [9.17, 15) is 9.59 Å². The summed E-state index contributed by atoms with van der Waals surface area (Å²) in [5.74, 6) is -0.282. The van der Waals surface area contributed by atoms with Gasteiger partial charge >= 0.3 is 0 Å². The molecular weight excluding hydrogens is 396 g/mol. The summed E-state index contributed by atoms with van der Waals surface area (Å²) in [4.78, 5) is 31.8. The summed E-state index contributed by atoms with van der Waals surface area (Å²) in [7, 11) is 0. The number of piperidine rings is 1. The van der Waals surface area contributed by atoms with Crippen molar-refractivity contribution in [3.63, 3.8) is 0 Å². The van der Waals surface area contributed by atoms with E-state index in [1.807, 2.05) is 28.9 Å². The first-order chi connectivity index (χ1) is 13.6. The minimum absolute atomic E-state index is 0.0487. The Kier molecular flexibility index (Phi) is 5.45. The van der Waals surface area contributed by atoms with Crippen LogP contribution in [0.15, 0.2) is 54.4 Å². The number of amides is 2. The normalized spacial score (nSPS) is 14.8. The number of rotatable bonds is 4. The topological polar surface area (TPSA) is 67.2 Å². The molecule has 3 aromatic rings. The van der Waals surface area contributed by atoms with Gasteiger partial charge in [-0.1, -0.05) is 17.7 Å². The third-order valence-corrected chi connectivity index (χ3v) is 6.10. The number of hydrogen-bond acceptors (Lipinski definition) is 4. The molecule has 2 amide bonds. The minimum Gasteiger partial charge on any atom is -0.338 e. The van der Waals surface area contributed by atoms with Crippen LogP contribution in [-0.2, 0) is 0 Å². The Morgan fingerprint density at radius 1 is 1.21 bits per heavy atom. The lowest BCUT2D eigenvalue weighted by Gasteiger charge is -2.32. The highest BCUT2D eigenvalue weighted by Gasteiger charge is 2.25. The zero-order valence-electron chi connectivity index (χ0n) is 15.0. The molecular formula is C20H19ClN4O2S. The Hall–Kier alpha value is -2.64. The van der Waals surface area contributed by atoms with Gasteiger partial charge in [0, 0.05) is 37.1 Å². The van der Waals surface area contributed by atoms with Crippen LogP contribution >= 0.6 is 22.9 Å². The number of anilines is 1. The van der Waals surface area contributed by atoms with Gasteiger partial charge in [0.1, 0.15) is 0 Å². The van der Waals surface area contributed by atoms with Crippen molar-refractivity contribution in [3.05, 3.63) is 69.9 Å². The molecule has 6 nitrogen and oxygen atoms in total. The Morgan fingerprint density at radius 2 is 2.04 bits per heavy atom. The third kappa shape index (κ3) is 3.95. The predicted molar refractivity (Wildman–Crippen MR) is 110 cm³/mol. The highest BCUT2D eigenvalue weighted by molar-refractivity contribution is 7.12. The standard InChI is InChI=1S/C20H19ClN4O2S/c21-16-4-3-14(12-17(16)23-19(26)18-2-1-11-28-18)20(27)24-8-5-15(6-9-24)25-10-7-22-13-25/h1-4,7,10-13,15H,5-6,8-9H2,(H,23,26). The number of halogens is 1. The number of hydrogen-bond donors (Lipinski definition) is 1. The summed E-state index contributed by atoms with van der Waals surface area (Å²) in [5, 5.41) is 5.04. The van der Waals surface area contributed by atoms with E-state index >= 15 is 0 Å². The molecule has 4 rings (SSSR count). The van der Waals surface area contributed by atoms with Crippen LogP contribution in [0.5, 0.6) is 0 Å². The molecule has 8 heteroatoms. The summed E-state index contributed by atoms with van der Waals surface area (Å²) >= 11 is 7.58. The van der Waals surface area contributed by atoms with Gasteiger partial charge in [-0.3, -0.25) is 9.59 Å². The second-order valence-electron chi connectivity index (χ2n) is 6.66. The van der Waals surface area contributed by atoms with Crippen molar-refractivity contribution in [1.82, 2.24) is 14.5 Å². The number of carbonyl (C=O) groups is 2. The smallest absolute Gasteiger partial charge is 0.265 e. The predicted octanol–water partition coefficient (Wildman–Crippen LogP) is 4.33. The molecule has 0 atom stereocenters. The van der Waals surface area contributed by atoms with Gasteiger partial charge < -0.3 is 14.8 Å². The van der Waals surface area contributed by atoms with E-state index in [2.05, 4.69) is 14.9 Å². The number of carbonyl (C=O) groups excluding carboxylic acids is 2. The van der Waals surface area contributed by atoms with Crippen LogP contribution in [0.1, 0.15) is 38.9 Å². The molecule has 1 aliphatic heterocycles. The molecule has 28 heavy (non-hydrogen) atoms. The van der Waals surface area contributed by atoms with Crippen LogP contribution < -0.4 is 5.32 Å². The van der Waals surface area contributed by atoms with Crippen LogP contribution in [0.4, 0.5) is 5.69 Å². The van der Waals surface area contributed by atoms with Gasteiger partial charge in [-0.25, -0.2) is 4.98 Å². The fourth-order valence-corrected chi connectivity index (χ4v) is 4.16. The average Bonchev–Trinajstić information content (AvgIpc) is 3.43. The highest BCUT2D eigenvalue weighted by Crippen LogP contribution is 2.27. The van der Waals surface area contributed by atoms with E-state index in [4.69, 9.17) is 11.6 Å². The van der Waals surface area contributed by atoms with Crippen LogP contribution in [0.3, 0.4) is 0 Å². The lowest BCUT2D eigenvalue weighted by Crippen LogP contribution is -2.39. The molecule has 0 radical (unpaired) electrons. The molecule has 0 aliphatic carbocycles. The fraction of sp³-hybridized carbons (Fsp3) is 0.250. The van der Waals surface area contributed by atoms with Gasteiger partial charge in [0.25, 0.3) is 11.8 Å². The molecule has 1 aliphatic rings. The van der Waals surface area contributed by atoms with Gasteiger partial charge in [-0.15, -0.1) is 11.3 Å². The number of aromatic nitrogens is 2. The number of nitrogens with zero attached hydrogens (tertiary/aromatic N) is 3. The quantitative estimate of drug-likeness (QED) is 0.691. The number of thiophene rings is 1. The second-order valence-corrected chi connectivity index (χ2v) is 8.01. The maximum Gasteiger partial charge on any atom is 0.265 e. The molecule has 0 saturated carbocycles. The van der Waals surface area contributed by atoms with E-state index in [0.29, 0.717) is 40.3 Å². The maximum atomic E-state index is 12.9. The van der Waals surface area contributed by atoms with Crippen molar-refractivity contribution in [1.29, 1.82) is 0 Å². The average molecular weight is 415 g/mol. The van der Waals surface area contributed by atoms with Gasteiger partial charge in [-0.05, 0) is 42.5 Å². The summed E-state index contributed by atoms with van der Waals surface area (Å²) in [6.45, 7) is 1.36. The first kappa shape index (κ1) is 18.7. The van der Waals surface area contributed by atoms with Crippen LogP contribution in [0.25, 0.3) is 0 Å². The number of likely N-dealkylation sites (tertiary alicyclic amines) is 1. The molecule has 0 bridgehead atoms. The van der Waals surface area contributed by atoms with Crippen molar-refractivity contribution in [2.24, 2.45) is 0 Å². The van der Waals surface area contributed by atoms with Crippen LogP contribution in [0, 0.1) is 0 Å². The van der Waals surface area contributed by atoms with Gasteiger partial charge in [0.05, 0.1) is 21.9 Å². The molecule has 1 saturated heterocycles. The van der Waals surface area contributed by atoms with Crippen molar-refractivity contribution >= 4 is 40.4 Å². The van der Waals surface area contributed by atoms with Crippen LogP contribution in [-0.4, -0.2) is 39.4 Å². The fourth-order valence-electron chi connectivity index (χ4n) is 3.38. The maximum absolute atomic E-state index is 12.9. The summed E-state index contributed by atoms with van der Waals surface area (Å²) in [5.41, 5.74) is 0.964. The minimum atomic E-state index is -0.234. The van der Waals surface area contributed by atoms with E-state index in [-0.39, 0.29) is 11.8 Å². The van der Waals surface area contributed by atoms with E-state index in [0.717, 1.165) is 12.8 Å². The number of imidazole rings is 1. The summed E-state index contributed by atoms with van der Waals surface area (Å²) < 4.78 is 2.10. The molecule has 0 unspecified atom stereocenters. The Morgan fingerprint density at radius 3 is 2.71 bits per heavy atom. The van der Waals surface area contributed by atoms with E-state index < -0.39 is 0 Å². The lowest BCUT2D eigenvalue weighted by molar-refractivity contribution is 0.0694. The van der Waals surface area contributed by atoms with Crippen molar-refractivity contribution < 1.29 is 9.59 Å². The molecule has 1 aromatic carbocycles. The molecule has 1 N–H and O–H groups in total. The molecule has 2 aromatic heterocycles. The first-order valence-corrected chi connectivity index (χ1v) is 10.3.